The van der Waals surface area contributed by atoms with Crippen LogP contribution in [0.2, 0.25) is 0 Å². The van der Waals surface area contributed by atoms with E-state index in [9.17, 15) is 13.8 Å². The van der Waals surface area contributed by atoms with Gasteiger partial charge >= 0.3 is 5.97 Å². The maximum absolute atomic E-state index is 11.6. The summed E-state index contributed by atoms with van der Waals surface area (Å²) in [4.78, 5) is 22.7. The predicted octanol–water partition coefficient (Wildman–Crippen LogP) is 1.13. The van der Waals surface area contributed by atoms with Crippen molar-refractivity contribution in [2.75, 3.05) is 16.6 Å². The van der Waals surface area contributed by atoms with Gasteiger partial charge in [-0.2, -0.15) is 0 Å². The van der Waals surface area contributed by atoms with Gasteiger partial charge in [0.2, 0.25) is 5.91 Å². The van der Waals surface area contributed by atoms with Crippen LogP contribution < -0.4 is 10.0 Å². The van der Waals surface area contributed by atoms with Crippen LogP contribution in [-0.4, -0.2) is 27.2 Å². The van der Waals surface area contributed by atoms with Crippen LogP contribution in [0.15, 0.2) is 24.3 Å². The Balaban J connectivity index is 2.68. The summed E-state index contributed by atoms with van der Waals surface area (Å²) in [5.74, 6) is -1.19. The van der Waals surface area contributed by atoms with Crippen molar-refractivity contribution >= 4 is 34.5 Å². The van der Waals surface area contributed by atoms with Gasteiger partial charge < -0.3 is 10.1 Å². The molecule has 0 fully saturated rings. The normalized spacial score (nSPS) is 11.5. The fourth-order valence-electron chi connectivity index (χ4n) is 1.31. The third-order valence-corrected chi connectivity index (χ3v) is 2.40. The van der Waals surface area contributed by atoms with E-state index in [1.54, 1.807) is 19.1 Å². The van der Waals surface area contributed by atoms with Crippen molar-refractivity contribution in [3.8, 4) is 0 Å². The van der Waals surface area contributed by atoms with Crippen LogP contribution in [-0.2, 0) is 25.6 Å². The third kappa shape index (κ3) is 5.49. The molecule has 0 aromatic heterocycles. The van der Waals surface area contributed by atoms with Crippen molar-refractivity contribution in [3.63, 3.8) is 0 Å². The molecular formula is C11H14N2O5S. The summed E-state index contributed by atoms with van der Waals surface area (Å²) in [5, 5.41) is 2.46. The molecule has 3 N–H and O–H groups in total. The Labute approximate surface area is 112 Å². The van der Waals surface area contributed by atoms with Crippen molar-refractivity contribution < 1.29 is 23.1 Å². The lowest BCUT2D eigenvalue weighted by atomic mass is 10.2. The molecule has 0 aliphatic carbocycles. The molecule has 0 aliphatic rings. The summed E-state index contributed by atoms with van der Waals surface area (Å²) < 4.78 is 26.3. The van der Waals surface area contributed by atoms with Crippen molar-refractivity contribution in [1.29, 1.82) is 0 Å². The number of ether oxygens (including phenoxy) is 1. The summed E-state index contributed by atoms with van der Waals surface area (Å²) in [6, 6.07) is 6.34. The second-order valence-corrected chi connectivity index (χ2v) is 4.13. The van der Waals surface area contributed by atoms with Gasteiger partial charge in [-0.05, 0) is 19.1 Å². The molecule has 1 unspecified atom stereocenters. The van der Waals surface area contributed by atoms with E-state index in [2.05, 4.69) is 14.8 Å². The van der Waals surface area contributed by atoms with E-state index in [0.29, 0.717) is 5.69 Å². The number of esters is 1. The van der Waals surface area contributed by atoms with Crippen molar-refractivity contribution in [3.05, 3.63) is 24.3 Å². The van der Waals surface area contributed by atoms with E-state index in [1.807, 2.05) is 0 Å². The van der Waals surface area contributed by atoms with E-state index in [1.165, 1.54) is 12.1 Å². The second-order valence-electron chi connectivity index (χ2n) is 3.43. The Morgan fingerprint density at radius 1 is 1.32 bits per heavy atom. The van der Waals surface area contributed by atoms with Gasteiger partial charge in [-0.1, -0.05) is 12.1 Å². The van der Waals surface area contributed by atoms with E-state index in [4.69, 9.17) is 4.55 Å². The Morgan fingerprint density at radius 2 is 1.95 bits per heavy atom. The van der Waals surface area contributed by atoms with Gasteiger partial charge in [-0.15, -0.1) is 0 Å². The molecule has 1 aromatic carbocycles. The number of amides is 1. The number of benzene rings is 1. The van der Waals surface area contributed by atoms with Crippen LogP contribution >= 0.6 is 0 Å². The Bertz CT molecular complexity index is 492. The molecule has 0 saturated heterocycles. The minimum absolute atomic E-state index is 0.202. The highest BCUT2D eigenvalue weighted by Gasteiger charge is 2.12. The predicted molar refractivity (Wildman–Crippen MR) is 70.7 cm³/mol. The highest BCUT2D eigenvalue weighted by Crippen LogP contribution is 2.21. The molecule has 0 radical (unpaired) electrons. The van der Waals surface area contributed by atoms with Gasteiger partial charge in [0.15, 0.2) is 0 Å². The smallest absolute Gasteiger partial charge is 0.315 e. The molecule has 104 valence electrons. The van der Waals surface area contributed by atoms with Crippen molar-refractivity contribution in [2.24, 2.45) is 0 Å². The molecule has 1 amide bonds. The van der Waals surface area contributed by atoms with Crippen LogP contribution in [0.25, 0.3) is 0 Å². The first-order valence-electron chi connectivity index (χ1n) is 5.45. The zero-order valence-electron chi connectivity index (χ0n) is 10.2. The summed E-state index contributed by atoms with van der Waals surface area (Å²) in [5.41, 5.74) is 0.583. The monoisotopic (exact) mass is 286 g/mol. The second kappa shape index (κ2) is 7.49. The van der Waals surface area contributed by atoms with E-state index in [-0.39, 0.29) is 12.3 Å². The highest BCUT2D eigenvalue weighted by atomic mass is 32.2. The average Bonchev–Trinajstić information content (AvgIpc) is 2.31. The molecule has 0 bridgehead atoms. The lowest BCUT2D eigenvalue weighted by Gasteiger charge is -2.10. The number of carbonyl (C=O) groups excluding carboxylic acids is 2. The molecule has 1 rings (SSSR count). The molecule has 1 atom stereocenters. The topological polar surface area (TPSA) is 105 Å². The zero-order chi connectivity index (χ0) is 14.3. The molecule has 1 aromatic rings. The fourth-order valence-corrected chi connectivity index (χ4v) is 1.68. The summed E-state index contributed by atoms with van der Waals surface area (Å²) in [6.07, 6.45) is -0.412. The van der Waals surface area contributed by atoms with Crippen LogP contribution in [0.1, 0.15) is 13.3 Å². The summed E-state index contributed by atoms with van der Waals surface area (Å²) in [7, 11) is 0. The van der Waals surface area contributed by atoms with Crippen molar-refractivity contribution in [1.82, 2.24) is 0 Å². The average molecular weight is 286 g/mol. The molecule has 19 heavy (non-hydrogen) atoms. The first kappa shape index (κ1) is 15.1. The lowest BCUT2D eigenvalue weighted by Crippen LogP contribution is -2.19. The first-order valence-corrected chi connectivity index (χ1v) is 6.55. The van der Waals surface area contributed by atoms with Gasteiger partial charge in [-0.25, -0.2) is 4.21 Å². The number of rotatable bonds is 6. The zero-order valence-corrected chi connectivity index (χ0v) is 11.0. The number of carbonyl (C=O) groups is 2. The highest BCUT2D eigenvalue weighted by molar-refractivity contribution is 7.80. The Hall–Kier alpha value is -1.93. The van der Waals surface area contributed by atoms with Crippen molar-refractivity contribution in [2.45, 2.75) is 13.3 Å². The number of hydrogen-bond acceptors (Lipinski definition) is 4. The molecular weight excluding hydrogens is 272 g/mol. The largest absolute Gasteiger partial charge is 0.466 e. The van der Waals surface area contributed by atoms with Gasteiger partial charge in [0.05, 0.1) is 18.0 Å². The molecule has 0 heterocycles. The summed E-state index contributed by atoms with van der Waals surface area (Å²) >= 11 is -2.25. The Morgan fingerprint density at radius 3 is 2.53 bits per heavy atom. The number of hydrogen-bond donors (Lipinski definition) is 3. The molecule has 8 heteroatoms. The van der Waals surface area contributed by atoms with E-state index < -0.39 is 29.6 Å². The maximum atomic E-state index is 11.6. The minimum Gasteiger partial charge on any atom is -0.466 e. The number of para-hydroxylation sites is 2. The minimum atomic E-state index is -2.25. The molecule has 0 aliphatic heterocycles. The van der Waals surface area contributed by atoms with E-state index in [0.717, 1.165) is 0 Å². The fraction of sp³-hybridized carbons (Fsp3) is 0.273. The number of nitrogens with one attached hydrogen (secondary N) is 2. The maximum Gasteiger partial charge on any atom is 0.315 e. The molecule has 7 nitrogen and oxygen atoms in total. The SMILES string of the molecule is CCOC(=O)CC(=O)Nc1ccccc1NS(=O)O. The quantitative estimate of drug-likeness (QED) is 0.413. The Kier molecular flexibility index (Phi) is 5.97. The van der Waals surface area contributed by atoms with Crippen LogP contribution in [0, 0.1) is 0 Å². The van der Waals surface area contributed by atoms with E-state index >= 15 is 0 Å². The number of anilines is 2. The third-order valence-electron chi connectivity index (χ3n) is 2.01. The first-order chi connectivity index (χ1) is 9.02. The molecule has 0 spiro atoms. The van der Waals surface area contributed by atoms with Gasteiger partial charge in [0.25, 0.3) is 11.3 Å². The van der Waals surface area contributed by atoms with Crippen LogP contribution in [0.4, 0.5) is 11.4 Å². The van der Waals surface area contributed by atoms with Gasteiger partial charge in [0, 0.05) is 0 Å². The van der Waals surface area contributed by atoms with Crippen LogP contribution in [0.5, 0.6) is 0 Å². The lowest BCUT2D eigenvalue weighted by molar-refractivity contribution is -0.145. The van der Waals surface area contributed by atoms with Gasteiger partial charge in [0.1, 0.15) is 6.42 Å². The van der Waals surface area contributed by atoms with Gasteiger partial charge in [-0.3, -0.25) is 18.9 Å². The summed E-state index contributed by atoms with van der Waals surface area (Å²) in [6.45, 7) is 1.85. The van der Waals surface area contributed by atoms with Crippen LogP contribution in [0.3, 0.4) is 0 Å². The standard InChI is InChI=1S/C11H14N2O5S/c1-2-18-11(15)7-10(14)12-8-5-3-4-6-9(8)13-19(16)17/h3-6,13H,2,7H2,1H3,(H,12,14)(H,16,17). The molecule has 0 saturated carbocycles.